The van der Waals surface area contributed by atoms with Gasteiger partial charge in [0.25, 0.3) is 0 Å². The molecule has 18 heavy (non-hydrogen) atoms. The zero-order valence-corrected chi connectivity index (χ0v) is 10.7. The molecule has 1 heterocycles. The Morgan fingerprint density at radius 3 is 2.72 bits per heavy atom. The molecule has 1 aromatic rings. The average molecular weight is 271 g/mol. The van der Waals surface area contributed by atoms with Gasteiger partial charge in [-0.3, -0.25) is 0 Å². The summed E-state index contributed by atoms with van der Waals surface area (Å²) in [5.74, 6) is 0.627. The molecule has 98 valence electrons. The van der Waals surface area contributed by atoms with Crippen LogP contribution >= 0.6 is 11.6 Å². The molecule has 2 N–H and O–H groups in total. The second-order valence-electron chi connectivity index (χ2n) is 4.14. The summed E-state index contributed by atoms with van der Waals surface area (Å²) in [6, 6.07) is 6.69. The molecule has 2 atom stereocenters. The fourth-order valence-electron chi connectivity index (χ4n) is 1.88. The van der Waals surface area contributed by atoms with Crippen molar-refractivity contribution in [3.63, 3.8) is 0 Å². The van der Waals surface area contributed by atoms with Crippen LogP contribution in [-0.4, -0.2) is 48.4 Å². The summed E-state index contributed by atoms with van der Waals surface area (Å²) in [6.45, 7) is 0.640. The third-order valence-corrected chi connectivity index (χ3v) is 3.09. The van der Waals surface area contributed by atoms with Crippen LogP contribution in [-0.2, 0) is 0 Å². The summed E-state index contributed by atoms with van der Waals surface area (Å²) in [5, 5.41) is 13.0. The molecule has 0 aliphatic carbocycles. The van der Waals surface area contributed by atoms with Gasteiger partial charge in [-0.15, -0.1) is 0 Å². The number of ether oxygens (including phenoxy) is 1. The second kappa shape index (κ2) is 5.46. The number of urea groups is 1. The Morgan fingerprint density at radius 2 is 2.11 bits per heavy atom. The van der Waals surface area contributed by atoms with E-state index >= 15 is 0 Å². The van der Waals surface area contributed by atoms with Crippen LogP contribution in [0.15, 0.2) is 24.3 Å². The summed E-state index contributed by atoms with van der Waals surface area (Å²) in [4.78, 5) is 13.0. The molecule has 2 amide bonds. The maximum absolute atomic E-state index is 11.4. The highest BCUT2D eigenvalue weighted by atomic mass is 35.5. The Morgan fingerprint density at radius 1 is 1.44 bits per heavy atom. The van der Waals surface area contributed by atoms with Gasteiger partial charge < -0.3 is 20.1 Å². The Kier molecular flexibility index (Phi) is 3.93. The van der Waals surface area contributed by atoms with Crippen molar-refractivity contribution in [3.05, 3.63) is 29.3 Å². The number of carbonyl (C=O) groups is 1. The molecule has 1 aliphatic rings. The Hall–Kier alpha value is -1.46. The third kappa shape index (κ3) is 2.86. The van der Waals surface area contributed by atoms with E-state index in [1.54, 1.807) is 31.3 Å². The van der Waals surface area contributed by atoms with Crippen LogP contribution in [0.5, 0.6) is 5.75 Å². The number of halogens is 1. The van der Waals surface area contributed by atoms with Crippen LogP contribution in [0.4, 0.5) is 4.79 Å². The number of aliphatic hydroxyl groups excluding tert-OH is 1. The van der Waals surface area contributed by atoms with E-state index in [2.05, 4.69) is 5.32 Å². The van der Waals surface area contributed by atoms with E-state index in [0.717, 1.165) is 0 Å². The zero-order valence-electron chi connectivity index (χ0n) is 9.97. The predicted molar refractivity (Wildman–Crippen MR) is 67.9 cm³/mol. The van der Waals surface area contributed by atoms with Crippen LogP contribution < -0.4 is 10.1 Å². The van der Waals surface area contributed by atoms with Crippen molar-refractivity contribution in [2.45, 2.75) is 12.2 Å². The first-order valence-corrected chi connectivity index (χ1v) is 6.05. The second-order valence-corrected chi connectivity index (χ2v) is 4.57. The average Bonchev–Trinajstić information content (AvgIpc) is 2.73. The van der Waals surface area contributed by atoms with E-state index < -0.39 is 12.2 Å². The van der Waals surface area contributed by atoms with Gasteiger partial charge in [-0.25, -0.2) is 4.79 Å². The lowest BCUT2D eigenvalue weighted by atomic mass is 10.2. The van der Waals surface area contributed by atoms with E-state index in [-0.39, 0.29) is 12.6 Å². The summed E-state index contributed by atoms with van der Waals surface area (Å²) in [7, 11) is 1.56. The molecule has 1 aliphatic heterocycles. The molecular formula is C12H15ClN2O3. The van der Waals surface area contributed by atoms with Gasteiger partial charge in [-0.1, -0.05) is 11.6 Å². The first-order chi connectivity index (χ1) is 8.60. The molecule has 0 saturated carbocycles. The molecule has 2 rings (SSSR count). The highest BCUT2D eigenvalue weighted by molar-refractivity contribution is 6.30. The highest BCUT2D eigenvalue weighted by Crippen LogP contribution is 2.20. The number of benzene rings is 1. The molecule has 0 spiro atoms. The number of rotatable bonds is 2. The van der Waals surface area contributed by atoms with E-state index in [1.165, 1.54) is 4.90 Å². The van der Waals surface area contributed by atoms with Crippen molar-refractivity contribution >= 4 is 17.6 Å². The Bertz CT molecular complexity index is 424. The van der Waals surface area contributed by atoms with Gasteiger partial charge in [0.15, 0.2) is 0 Å². The minimum absolute atomic E-state index is 0.212. The summed E-state index contributed by atoms with van der Waals surface area (Å²) in [5.41, 5.74) is 0. The maximum atomic E-state index is 11.4. The zero-order chi connectivity index (χ0) is 13.1. The van der Waals surface area contributed by atoms with Gasteiger partial charge in [0.05, 0.1) is 13.1 Å². The molecule has 1 aromatic carbocycles. The van der Waals surface area contributed by atoms with Gasteiger partial charge in [-0.2, -0.15) is 0 Å². The maximum Gasteiger partial charge on any atom is 0.317 e. The molecule has 0 radical (unpaired) electrons. The Balaban J connectivity index is 1.98. The van der Waals surface area contributed by atoms with Crippen molar-refractivity contribution in [2.24, 2.45) is 0 Å². The van der Waals surface area contributed by atoms with Crippen LogP contribution in [0.25, 0.3) is 0 Å². The standard InChI is InChI=1S/C12H15ClN2O3/c1-14-12(17)15-6-10(16)11(7-15)18-9-4-2-8(13)3-5-9/h2-5,10-11,16H,6-7H2,1H3,(H,14,17)/t10-,11-/m1/s1. The monoisotopic (exact) mass is 270 g/mol. The van der Waals surface area contributed by atoms with Crippen molar-refractivity contribution in [2.75, 3.05) is 20.1 Å². The smallest absolute Gasteiger partial charge is 0.317 e. The van der Waals surface area contributed by atoms with E-state index in [0.29, 0.717) is 17.3 Å². The van der Waals surface area contributed by atoms with Gasteiger partial charge in [0.2, 0.25) is 0 Å². The number of hydrogen-bond acceptors (Lipinski definition) is 3. The topological polar surface area (TPSA) is 61.8 Å². The number of aliphatic hydroxyl groups is 1. The predicted octanol–water partition coefficient (Wildman–Crippen LogP) is 1.10. The minimum Gasteiger partial charge on any atom is -0.486 e. The molecule has 0 bridgehead atoms. The van der Waals surface area contributed by atoms with Crippen LogP contribution in [0.2, 0.25) is 5.02 Å². The summed E-state index contributed by atoms with van der Waals surface area (Å²) >= 11 is 5.77. The number of nitrogens with zero attached hydrogens (tertiary/aromatic N) is 1. The summed E-state index contributed by atoms with van der Waals surface area (Å²) in [6.07, 6.45) is -1.10. The minimum atomic E-state index is -0.682. The number of nitrogens with one attached hydrogen (secondary N) is 1. The van der Waals surface area contributed by atoms with Crippen LogP contribution in [0, 0.1) is 0 Å². The quantitative estimate of drug-likeness (QED) is 0.846. The van der Waals surface area contributed by atoms with Gasteiger partial charge in [-0.05, 0) is 24.3 Å². The van der Waals surface area contributed by atoms with Gasteiger partial charge in [0.1, 0.15) is 18.0 Å². The molecule has 0 unspecified atom stereocenters. The molecular weight excluding hydrogens is 256 g/mol. The lowest BCUT2D eigenvalue weighted by molar-refractivity contribution is 0.0737. The number of amides is 2. The SMILES string of the molecule is CNC(=O)N1C[C@@H](O)[C@H](Oc2ccc(Cl)cc2)C1. The fraction of sp³-hybridized carbons (Fsp3) is 0.417. The lowest BCUT2D eigenvalue weighted by Crippen LogP contribution is -2.37. The highest BCUT2D eigenvalue weighted by Gasteiger charge is 2.35. The number of carbonyl (C=O) groups excluding carboxylic acids is 1. The van der Waals surface area contributed by atoms with Crippen molar-refractivity contribution < 1.29 is 14.6 Å². The first-order valence-electron chi connectivity index (χ1n) is 5.67. The van der Waals surface area contributed by atoms with Crippen molar-refractivity contribution in [3.8, 4) is 5.75 Å². The van der Waals surface area contributed by atoms with Gasteiger partial charge in [0, 0.05) is 12.1 Å². The number of β-amino-alcohol motifs (C(OH)–C–C–N with tert-alkyl or cyclic N) is 1. The molecule has 1 fully saturated rings. The normalized spacial score (nSPS) is 22.9. The molecule has 1 saturated heterocycles. The van der Waals surface area contributed by atoms with E-state index in [4.69, 9.17) is 16.3 Å². The number of hydrogen-bond donors (Lipinski definition) is 2. The van der Waals surface area contributed by atoms with E-state index in [9.17, 15) is 9.90 Å². The molecule has 6 heteroatoms. The Labute approximate surface area is 110 Å². The van der Waals surface area contributed by atoms with Crippen molar-refractivity contribution in [1.82, 2.24) is 10.2 Å². The molecule has 0 aromatic heterocycles. The third-order valence-electron chi connectivity index (χ3n) is 2.84. The fourth-order valence-corrected chi connectivity index (χ4v) is 2.01. The van der Waals surface area contributed by atoms with E-state index in [1.807, 2.05) is 0 Å². The molecule has 5 nitrogen and oxygen atoms in total. The van der Waals surface area contributed by atoms with Gasteiger partial charge >= 0.3 is 6.03 Å². The van der Waals surface area contributed by atoms with Crippen LogP contribution in [0.3, 0.4) is 0 Å². The largest absolute Gasteiger partial charge is 0.486 e. The number of likely N-dealkylation sites (tertiary alicyclic amines) is 1. The summed E-state index contributed by atoms with van der Waals surface area (Å²) < 4.78 is 5.64. The van der Waals surface area contributed by atoms with Crippen LogP contribution in [0.1, 0.15) is 0 Å². The first kappa shape index (κ1) is 13.0. The lowest BCUT2D eigenvalue weighted by Gasteiger charge is -2.16. The van der Waals surface area contributed by atoms with Crippen molar-refractivity contribution in [1.29, 1.82) is 0 Å².